The number of amides is 1. The van der Waals surface area contributed by atoms with E-state index in [-0.39, 0.29) is 12.0 Å². The average Bonchev–Trinajstić information content (AvgIpc) is 2.63. The van der Waals surface area contributed by atoms with E-state index in [2.05, 4.69) is 5.32 Å². The van der Waals surface area contributed by atoms with E-state index in [0.29, 0.717) is 5.69 Å². The number of halogens is 1. The van der Waals surface area contributed by atoms with Gasteiger partial charge in [-0.3, -0.25) is 5.32 Å². The summed E-state index contributed by atoms with van der Waals surface area (Å²) in [4.78, 5) is 23.8. The van der Waals surface area contributed by atoms with Crippen LogP contribution >= 0.6 is 11.8 Å². The minimum Gasteiger partial charge on any atom is -0.505 e. The molecule has 0 saturated heterocycles. The van der Waals surface area contributed by atoms with Crippen molar-refractivity contribution < 1.29 is 28.9 Å². The predicted molar refractivity (Wildman–Crippen MR) is 101 cm³/mol. The molecule has 0 aromatic heterocycles. The maximum atomic E-state index is 13.6. The zero-order valence-corrected chi connectivity index (χ0v) is 15.2. The first-order valence-electron chi connectivity index (χ1n) is 7.88. The fraction of sp³-hybridized carbons (Fsp3) is 0.158. The van der Waals surface area contributed by atoms with Gasteiger partial charge in [0.25, 0.3) is 0 Å². The van der Waals surface area contributed by atoms with Crippen LogP contribution in [-0.4, -0.2) is 28.5 Å². The normalized spacial score (nSPS) is 11.9. The fourth-order valence-electron chi connectivity index (χ4n) is 2.22. The molecule has 0 fully saturated rings. The molecule has 8 heteroatoms. The van der Waals surface area contributed by atoms with E-state index in [1.165, 1.54) is 12.1 Å². The van der Waals surface area contributed by atoms with Crippen LogP contribution in [0.15, 0.2) is 59.5 Å². The lowest BCUT2D eigenvalue weighted by Gasteiger charge is -2.18. The number of phenols is 1. The number of anilines is 1. The maximum absolute atomic E-state index is 13.6. The molecule has 27 heavy (non-hydrogen) atoms. The molecule has 3 N–H and O–H groups in total. The van der Waals surface area contributed by atoms with E-state index >= 15 is 0 Å². The zero-order valence-electron chi connectivity index (χ0n) is 14.4. The number of ether oxygens (including phenoxy) is 1. The molecule has 0 spiro atoms. The van der Waals surface area contributed by atoms with E-state index in [4.69, 9.17) is 9.84 Å². The highest BCUT2D eigenvalue weighted by Gasteiger charge is 2.18. The first kappa shape index (κ1) is 20.3. The predicted octanol–water partition coefficient (Wildman–Crippen LogP) is 4.57. The van der Waals surface area contributed by atoms with Gasteiger partial charge in [-0.25, -0.2) is 14.0 Å². The number of nitrogens with one attached hydrogen (secondary N) is 1. The summed E-state index contributed by atoms with van der Waals surface area (Å²) in [6.07, 6.45) is 2.47. The van der Waals surface area contributed by atoms with Gasteiger partial charge in [0.15, 0.2) is 11.6 Å². The highest BCUT2D eigenvalue weighted by atomic mass is 32.2. The summed E-state index contributed by atoms with van der Waals surface area (Å²) in [5, 5.41) is 20.6. The third kappa shape index (κ3) is 6.34. The third-order valence-electron chi connectivity index (χ3n) is 3.54. The van der Waals surface area contributed by atoms with Crippen molar-refractivity contribution in [3.63, 3.8) is 0 Å². The van der Waals surface area contributed by atoms with Crippen molar-refractivity contribution in [3.8, 4) is 5.75 Å². The van der Waals surface area contributed by atoms with Crippen LogP contribution in [0.25, 0.3) is 0 Å². The van der Waals surface area contributed by atoms with Gasteiger partial charge in [0.05, 0.1) is 0 Å². The molecule has 2 rings (SSSR count). The molecule has 0 heterocycles. The van der Waals surface area contributed by atoms with Crippen molar-refractivity contribution in [2.24, 2.45) is 0 Å². The van der Waals surface area contributed by atoms with Crippen molar-refractivity contribution in [3.05, 3.63) is 66.0 Å². The number of hydrogen-bond acceptors (Lipinski definition) is 5. The molecule has 0 aliphatic rings. The molecule has 0 aliphatic heterocycles. The fourth-order valence-corrected chi connectivity index (χ4v) is 2.63. The van der Waals surface area contributed by atoms with Gasteiger partial charge < -0.3 is 14.9 Å². The van der Waals surface area contributed by atoms with Crippen LogP contribution in [0, 0.1) is 5.82 Å². The lowest BCUT2D eigenvalue weighted by Crippen LogP contribution is -2.17. The Hall–Kier alpha value is -3.00. The molecule has 0 unspecified atom stereocenters. The number of carbonyl (C=O) groups is 2. The van der Waals surface area contributed by atoms with Gasteiger partial charge in [0.1, 0.15) is 6.10 Å². The number of aromatic hydroxyl groups is 1. The number of carbonyl (C=O) groups excluding carboxylic acids is 1. The van der Waals surface area contributed by atoms with Crippen LogP contribution in [-0.2, 0) is 9.53 Å². The van der Waals surface area contributed by atoms with Crippen molar-refractivity contribution in [2.45, 2.75) is 17.4 Å². The number of rotatable bonds is 7. The van der Waals surface area contributed by atoms with Crippen molar-refractivity contribution in [1.82, 2.24) is 0 Å². The van der Waals surface area contributed by atoms with E-state index < -0.39 is 29.7 Å². The van der Waals surface area contributed by atoms with Gasteiger partial charge in [0, 0.05) is 23.1 Å². The smallest absolute Gasteiger partial charge is 0.412 e. The Bertz CT molecular complexity index is 838. The molecular weight excluding hydrogens is 373 g/mol. The van der Waals surface area contributed by atoms with Crippen molar-refractivity contribution >= 4 is 29.5 Å². The number of aliphatic carboxylic acids is 1. The summed E-state index contributed by atoms with van der Waals surface area (Å²) >= 11 is 1.56. The molecule has 0 bridgehead atoms. The molecule has 2 aromatic carbocycles. The van der Waals surface area contributed by atoms with E-state index in [1.54, 1.807) is 23.9 Å². The highest BCUT2D eigenvalue weighted by Crippen LogP contribution is 2.27. The Morgan fingerprint density at radius 1 is 1.26 bits per heavy atom. The maximum Gasteiger partial charge on any atom is 0.412 e. The second-order valence-corrected chi connectivity index (χ2v) is 6.31. The Labute approximate surface area is 159 Å². The number of carboxylic acid groups (broad SMARTS) is 1. The summed E-state index contributed by atoms with van der Waals surface area (Å²) in [5.41, 5.74) is 0.808. The molecule has 0 aliphatic carbocycles. The summed E-state index contributed by atoms with van der Waals surface area (Å²) in [7, 11) is 0. The van der Waals surface area contributed by atoms with Crippen molar-refractivity contribution in [2.75, 3.05) is 11.6 Å². The molecule has 1 atom stereocenters. The van der Waals surface area contributed by atoms with Crippen LogP contribution in [0.2, 0.25) is 0 Å². The van der Waals surface area contributed by atoms with Gasteiger partial charge in [-0.15, -0.1) is 11.8 Å². The minimum atomic E-state index is -1.15. The van der Waals surface area contributed by atoms with E-state index in [1.807, 2.05) is 18.4 Å². The van der Waals surface area contributed by atoms with Gasteiger partial charge in [-0.1, -0.05) is 12.1 Å². The number of phenolic OH excluding ortho intramolecular Hbond substituents is 1. The largest absolute Gasteiger partial charge is 0.505 e. The van der Waals surface area contributed by atoms with Crippen LogP contribution < -0.4 is 5.32 Å². The van der Waals surface area contributed by atoms with Crippen LogP contribution in [0.3, 0.4) is 0 Å². The van der Waals surface area contributed by atoms with Gasteiger partial charge in [-0.2, -0.15) is 0 Å². The molecule has 0 radical (unpaired) electrons. The van der Waals surface area contributed by atoms with E-state index in [0.717, 1.165) is 23.1 Å². The first-order valence-corrected chi connectivity index (χ1v) is 9.11. The van der Waals surface area contributed by atoms with Crippen molar-refractivity contribution in [1.29, 1.82) is 0 Å². The Morgan fingerprint density at radius 3 is 2.56 bits per heavy atom. The van der Waals surface area contributed by atoms with Gasteiger partial charge in [-0.05, 0) is 48.2 Å². The quantitative estimate of drug-likeness (QED) is 0.472. The van der Waals surface area contributed by atoms with E-state index in [9.17, 15) is 19.1 Å². The van der Waals surface area contributed by atoms with Crippen LogP contribution in [0.4, 0.5) is 14.9 Å². The lowest BCUT2D eigenvalue weighted by atomic mass is 10.1. The standard InChI is InChI=1S/C19H18FNO5S/c1-27-14-8-6-13(7-9-14)21-19(25)26-17(3-2-4-18(23)24)12-5-10-16(22)15(20)11-12/h2,4-11,17,22H,3H2,1H3,(H,21,25)(H,23,24)/b4-2+/t17-/m1/s1. The highest BCUT2D eigenvalue weighted by molar-refractivity contribution is 7.98. The second kappa shape index (κ2) is 9.63. The Kier molecular flexibility index (Phi) is 7.25. The minimum absolute atomic E-state index is 0.0232. The Morgan fingerprint density at radius 2 is 1.96 bits per heavy atom. The molecule has 142 valence electrons. The number of carboxylic acids is 1. The zero-order chi connectivity index (χ0) is 19.8. The van der Waals surface area contributed by atoms with Crippen LogP contribution in [0.1, 0.15) is 18.1 Å². The van der Waals surface area contributed by atoms with Gasteiger partial charge in [0.2, 0.25) is 0 Å². The third-order valence-corrected chi connectivity index (χ3v) is 4.28. The Balaban J connectivity index is 2.12. The molecule has 2 aromatic rings. The average molecular weight is 391 g/mol. The molecule has 6 nitrogen and oxygen atoms in total. The van der Waals surface area contributed by atoms with Gasteiger partial charge >= 0.3 is 12.1 Å². The number of hydrogen-bond donors (Lipinski definition) is 3. The summed E-state index contributed by atoms with van der Waals surface area (Å²) in [6, 6.07) is 10.7. The SMILES string of the molecule is CSc1ccc(NC(=O)O[C@H](C/C=C/C(=O)O)c2ccc(O)c(F)c2)cc1. The molecule has 1 amide bonds. The monoisotopic (exact) mass is 391 g/mol. The summed E-state index contributed by atoms with van der Waals surface area (Å²) < 4.78 is 19.0. The lowest BCUT2D eigenvalue weighted by molar-refractivity contribution is -0.131. The summed E-state index contributed by atoms with van der Waals surface area (Å²) in [5.74, 6) is -2.54. The molecule has 0 saturated carbocycles. The number of benzene rings is 2. The first-order chi connectivity index (χ1) is 12.9. The topological polar surface area (TPSA) is 95.9 Å². The van der Waals surface area contributed by atoms with Crippen LogP contribution in [0.5, 0.6) is 5.75 Å². The molecular formula is C19H18FNO5S. The summed E-state index contributed by atoms with van der Waals surface area (Å²) in [6.45, 7) is 0. The number of thioether (sulfide) groups is 1. The second-order valence-electron chi connectivity index (χ2n) is 5.43.